The topological polar surface area (TPSA) is 32.7 Å². The Bertz CT molecular complexity index is 321. The fourth-order valence-electron chi connectivity index (χ4n) is 1.95. The van der Waals surface area contributed by atoms with Crippen LogP contribution in [0.5, 0.6) is 5.75 Å². The predicted molar refractivity (Wildman–Crippen MR) is 58.8 cm³/mol. The fourth-order valence-corrected chi connectivity index (χ4v) is 1.95. The van der Waals surface area contributed by atoms with Gasteiger partial charge in [-0.1, -0.05) is 12.1 Å². The van der Waals surface area contributed by atoms with Gasteiger partial charge in [0.15, 0.2) is 0 Å². The third kappa shape index (κ3) is 2.49. The van der Waals surface area contributed by atoms with Crippen LogP contribution in [0.2, 0.25) is 0 Å². The molecule has 0 unspecified atom stereocenters. The lowest BCUT2D eigenvalue weighted by molar-refractivity contribution is 0.0479. The van der Waals surface area contributed by atoms with Crippen LogP contribution in [0.1, 0.15) is 5.56 Å². The zero-order valence-corrected chi connectivity index (χ0v) is 9.02. The Labute approximate surface area is 90.3 Å². The molecular formula is C12H17NO2. The number of nitrogens with zero attached hydrogens (tertiary/aromatic N) is 1. The zero-order valence-electron chi connectivity index (χ0n) is 9.02. The van der Waals surface area contributed by atoms with E-state index >= 15 is 0 Å². The van der Waals surface area contributed by atoms with Gasteiger partial charge in [0.1, 0.15) is 5.75 Å². The van der Waals surface area contributed by atoms with E-state index in [0.717, 1.165) is 25.4 Å². The van der Waals surface area contributed by atoms with Crippen molar-refractivity contribution in [2.45, 2.75) is 6.54 Å². The van der Waals surface area contributed by atoms with Crippen molar-refractivity contribution in [3.8, 4) is 5.75 Å². The molecule has 0 spiro atoms. The van der Waals surface area contributed by atoms with E-state index in [-0.39, 0.29) is 0 Å². The zero-order chi connectivity index (χ0) is 10.7. The molecule has 1 fully saturated rings. The minimum atomic E-state index is 0.314. The second-order valence-corrected chi connectivity index (χ2v) is 4.09. The monoisotopic (exact) mass is 207 g/mol. The van der Waals surface area contributed by atoms with E-state index in [2.05, 4.69) is 17.0 Å². The minimum Gasteiger partial charge on any atom is -0.497 e. The Morgan fingerprint density at radius 3 is 2.93 bits per heavy atom. The van der Waals surface area contributed by atoms with Crippen molar-refractivity contribution in [1.29, 1.82) is 0 Å². The van der Waals surface area contributed by atoms with Crippen LogP contribution < -0.4 is 4.74 Å². The highest BCUT2D eigenvalue weighted by atomic mass is 16.5. The van der Waals surface area contributed by atoms with Gasteiger partial charge in [-0.3, -0.25) is 4.90 Å². The van der Waals surface area contributed by atoms with E-state index in [1.54, 1.807) is 7.11 Å². The quantitative estimate of drug-likeness (QED) is 0.803. The minimum absolute atomic E-state index is 0.314. The first-order chi connectivity index (χ1) is 7.31. The van der Waals surface area contributed by atoms with Gasteiger partial charge in [0.05, 0.1) is 7.11 Å². The summed E-state index contributed by atoms with van der Waals surface area (Å²) in [5, 5.41) is 8.91. The number of hydrogen-bond donors (Lipinski definition) is 1. The number of ether oxygens (including phenoxy) is 1. The van der Waals surface area contributed by atoms with Gasteiger partial charge in [-0.2, -0.15) is 0 Å². The Kier molecular flexibility index (Phi) is 3.23. The molecule has 3 nitrogen and oxygen atoms in total. The molecule has 1 N–H and O–H groups in total. The second-order valence-electron chi connectivity index (χ2n) is 4.09. The first-order valence-electron chi connectivity index (χ1n) is 5.28. The van der Waals surface area contributed by atoms with E-state index in [1.807, 2.05) is 12.1 Å². The van der Waals surface area contributed by atoms with Gasteiger partial charge in [-0.25, -0.2) is 0 Å². The first kappa shape index (κ1) is 10.5. The molecule has 1 aromatic rings. The summed E-state index contributed by atoms with van der Waals surface area (Å²) in [6.45, 7) is 3.28. The molecule has 1 aliphatic rings. The summed E-state index contributed by atoms with van der Waals surface area (Å²) >= 11 is 0. The highest BCUT2D eigenvalue weighted by molar-refractivity contribution is 5.28. The van der Waals surface area contributed by atoms with Gasteiger partial charge in [0.25, 0.3) is 0 Å². The van der Waals surface area contributed by atoms with Crippen molar-refractivity contribution in [3.63, 3.8) is 0 Å². The summed E-state index contributed by atoms with van der Waals surface area (Å²) in [5.74, 6) is 1.39. The van der Waals surface area contributed by atoms with Gasteiger partial charge >= 0.3 is 0 Å². The van der Waals surface area contributed by atoms with Crippen LogP contribution in [-0.2, 0) is 6.54 Å². The highest BCUT2D eigenvalue weighted by Gasteiger charge is 2.25. The van der Waals surface area contributed by atoms with Crippen LogP contribution in [0.3, 0.4) is 0 Å². The Morgan fingerprint density at radius 1 is 1.47 bits per heavy atom. The fraction of sp³-hybridized carbons (Fsp3) is 0.500. The van der Waals surface area contributed by atoms with Crippen molar-refractivity contribution >= 4 is 0 Å². The van der Waals surface area contributed by atoms with Crippen molar-refractivity contribution < 1.29 is 9.84 Å². The van der Waals surface area contributed by atoms with E-state index in [1.165, 1.54) is 5.56 Å². The number of aliphatic hydroxyl groups is 1. The molecule has 0 radical (unpaired) electrons. The molecule has 0 amide bonds. The maximum atomic E-state index is 8.91. The van der Waals surface area contributed by atoms with Crippen LogP contribution in [0.4, 0.5) is 0 Å². The van der Waals surface area contributed by atoms with Gasteiger partial charge in [0.2, 0.25) is 0 Å². The lowest BCUT2D eigenvalue weighted by Gasteiger charge is -2.38. The lowest BCUT2D eigenvalue weighted by atomic mass is 10.0. The summed E-state index contributed by atoms with van der Waals surface area (Å²) in [4.78, 5) is 2.33. The molecule has 0 aromatic heterocycles. The van der Waals surface area contributed by atoms with Gasteiger partial charge in [-0.05, 0) is 17.7 Å². The number of hydrogen-bond acceptors (Lipinski definition) is 3. The summed E-state index contributed by atoms with van der Waals surface area (Å²) in [6.07, 6.45) is 0. The molecule has 0 atom stereocenters. The van der Waals surface area contributed by atoms with Crippen LogP contribution in [-0.4, -0.2) is 36.8 Å². The molecular weight excluding hydrogens is 190 g/mol. The van der Waals surface area contributed by atoms with Crippen LogP contribution in [0.25, 0.3) is 0 Å². The standard InChI is InChI=1S/C12H17NO2/c1-15-12-4-2-3-10(5-12)6-13-7-11(8-13)9-14/h2-5,11,14H,6-9H2,1H3. The van der Waals surface area contributed by atoms with Gasteiger partial charge in [0, 0.05) is 32.2 Å². The second kappa shape index (κ2) is 4.64. The summed E-state index contributed by atoms with van der Waals surface area (Å²) < 4.78 is 5.17. The SMILES string of the molecule is COc1cccc(CN2CC(CO)C2)c1. The van der Waals surface area contributed by atoms with Gasteiger partial charge < -0.3 is 9.84 Å². The summed E-state index contributed by atoms with van der Waals surface area (Å²) in [6, 6.07) is 8.13. The average molecular weight is 207 g/mol. The Morgan fingerprint density at radius 2 is 2.27 bits per heavy atom. The number of aliphatic hydroxyl groups excluding tert-OH is 1. The number of rotatable bonds is 4. The molecule has 0 saturated carbocycles. The molecule has 2 rings (SSSR count). The third-order valence-electron chi connectivity index (χ3n) is 2.83. The van der Waals surface area contributed by atoms with E-state index < -0.39 is 0 Å². The van der Waals surface area contributed by atoms with E-state index in [9.17, 15) is 0 Å². The maximum absolute atomic E-state index is 8.91. The molecule has 1 saturated heterocycles. The smallest absolute Gasteiger partial charge is 0.119 e. The van der Waals surface area contributed by atoms with Crippen LogP contribution in [0.15, 0.2) is 24.3 Å². The van der Waals surface area contributed by atoms with E-state index in [0.29, 0.717) is 12.5 Å². The van der Waals surface area contributed by atoms with Crippen molar-refractivity contribution in [2.24, 2.45) is 5.92 Å². The molecule has 0 bridgehead atoms. The number of methoxy groups -OCH3 is 1. The molecule has 3 heteroatoms. The number of benzene rings is 1. The Hall–Kier alpha value is -1.06. The summed E-state index contributed by atoms with van der Waals surface area (Å²) in [5.41, 5.74) is 1.27. The van der Waals surface area contributed by atoms with Crippen LogP contribution >= 0.6 is 0 Å². The Balaban J connectivity index is 1.88. The van der Waals surface area contributed by atoms with Crippen molar-refractivity contribution in [1.82, 2.24) is 4.90 Å². The lowest BCUT2D eigenvalue weighted by Crippen LogP contribution is -2.47. The van der Waals surface area contributed by atoms with Crippen LogP contribution in [0, 0.1) is 5.92 Å². The van der Waals surface area contributed by atoms with Gasteiger partial charge in [-0.15, -0.1) is 0 Å². The summed E-state index contributed by atoms with van der Waals surface area (Å²) in [7, 11) is 1.69. The normalized spacial score (nSPS) is 17.5. The maximum Gasteiger partial charge on any atom is 0.119 e. The molecule has 1 aromatic carbocycles. The van der Waals surface area contributed by atoms with Crippen molar-refractivity contribution in [2.75, 3.05) is 26.8 Å². The highest BCUT2D eigenvalue weighted by Crippen LogP contribution is 2.20. The number of likely N-dealkylation sites (tertiary alicyclic amines) is 1. The average Bonchev–Trinajstić information content (AvgIpc) is 2.23. The third-order valence-corrected chi connectivity index (χ3v) is 2.83. The predicted octanol–water partition coefficient (Wildman–Crippen LogP) is 1.12. The van der Waals surface area contributed by atoms with E-state index in [4.69, 9.17) is 9.84 Å². The molecule has 0 aliphatic carbocycles. The molecule has 1 heterocycles. The molecule has 15 heavy (non-hydrogen) atoms. The van der Waals surface area contributed by atoms with Crippen molar-refractivity contribution in [3.05, 3.63) is 29.8 Å². The first-order valence-corrected chi connectivity index (χ1v) is 5.28. The molecule has 1 aliphatic heterocycles. The molecule has 82 valence electrons. The largest absolute Gasteiger partial charge is 0.497 e.